The van der Waals surface area contributed by atoms with Crippen molar-refractivity contribution in [3.8, 4) is 0 Å². The number of aryl methyl sites for hydroxylation is 2. The Morgan fingerprint density at radius 1 is 0.967 bits per heavy atom. The van der Waals surface area contributed by atoms with Gasteiger partial charge in [-0.3, -0.25) is 24.5 Å². The smallest absolute Gasteiger partial charge is 0.306 e. The van der Waals surface area contributed by atoms with Crippen LogP contribution in [0.2, 0.25) is 0 Å². The van der Waals surface area contributed by atoms with E-state index in [0.717, 1.165) is 11.1 Å². The van der Waals surface area contributed by atoms with Crippen LogP contribution in [0, 0.1) is 24.0 Å². The average molecular weight is 413 g/mol. The number of nitro groups is 1. The molecule has 2 N–H and O–H groups in total. The number of carbonyl (C=O) groups excluding carboxylic acids is 3. The second kappa shape index (κ2) is 10.7. The van der Waals surface area contributed by atoms with Crippen LogP contribution in [0.3, 0.4) is 0 Å². The van der Waals surface area contributed by atoms with Crippen molar-refractivity contribution in [2.45, 2.75) is 33.1 Å². The summed E-state index contributed by atoms with van der Waals surface area (Å²) in [5.41, 5.74) is 2.92. The Morgan fingerprint density at radius 2 is 1.67 bits per heavy atom. The van der Waals surface area contributed by atoms with Gasteiger partial charge in [0.2, 0.25) is 5.91 Å². The summed E-state index contributed by atoms with van der Waals surface area (Å²) in [5.74, 6) is -1.34. The number of non-ortho nitro benzene ring substituents is 1. The number of ether oxygens (including phenoxy) is 1. The molecule has 0 aliphatic carbocycles. The van der Waals surface area contributed by atoms with Crippen LogP contribution in [-0.2, 0) is 19.1 Å². The normalized spacial score (nSPS) is 10.2. The minimum Gasteiger partial charge on any atom is -0.456 e. The van der Waals surface area contributed by atoms with E-state index in [1.54, 1.807) is 0 Å². The van der Waals surface area contributed by atoms with Crippen LogP contribution >= 0.6 is 0 Å². The summed E-state index contributed by atoms with van der Waals surface area (Å²) in [7, 11) is 0. The molecule has 0 fully saturated rings. The third-order valence-corrected chi connectivity index (χ3v) is 4.18. The SMILES string of the molecule is Cc1ccc(C)c(NC(=O)COC(=O)CCCC(=O)Nc2ccc([N+](=O)[O-])cc2)c1. The van der Waals surface area contributed by atoms with Gasteiger partial charge in [0.1, 0.15) is 0 Å². The molecule has 0 aliphatic heterocycles. The van der Waals surface area contributed by atoms with E-state index in [4.69, 9.17) is 4.74 Å². The lowest BCUT2D eigenvalue weighted by Gasteiger charge is -2.10. The van der Waals surface area contributed by atoms with Crippen molar-refractivity contribution in [3.05, 3.63) is 63.7 Å². The fraction of sp³-hybridized carbons (Fsp3) is 0.286. The zero-order valence-corrected chi connectivity index (χ0v) is 16.8. The van der Waals surface area contributed by atoms with Gasteiger partial charge < -0.3 is 15.4 Å². The molecule has 9 heteroatoms. The molecular formula is C21H23N3O6. The van der Waals surface area contributed by atoms with E-state index in [1.807, 2.05) is 32.0 Å². The van der Waals surface area contributed by atoms with Crippen molar-refractivity contribution in [2.75, 3.05) is 17.2 Å². The number of anilines is 2. The molecule has 0 saturated carbocycles. The maximum atomic E-state index is 11.9. The standard InChI is InChI=1S/C21H23N3O6/c1-14-6-7-15(2)18(12-14)23-20(26)13-30-21(27)5-3-4-19(25)22-16-8-10-17(11-9-16)24(28)29/h6-12H,3-5,13H2,1-2H3,(H,22,25)(H,23,26). The van der Waals surface area contributed by atoms with Crippen LogP contribution in [-0.4, -0.2) is 29.3 Å². The lowest BCUT2D eigenvalue weighted by Crippen LogP contribution is -2.21. The van der Waals surface area contributed by atoms with Gasteiger partial charge in [-0.05, 0) is 49.6 Å². The highest BCUT2D eigenvalue weighted by Crippen LogP contribution is 2.17. The van der Waals surface area contributed by atoms with Crippen LogP contribution in [0.15, 0.2) is 42.5 Å². The van der Waals surface area contributed by atoms with E-state index in [2.05, 4.69) is 10.6 Å². The molecule has 0 saturated heterocycles. The van der Waals surface area contributed by atoms with Crippen LogP contribution in [0.4, 0.5) is 17.1 Å². The van der Waals surface area contributed by atoms with E-state index in [-0.39, 0.29) is 30.9 Å². The fourth-order valence-electron chi connectivity index (χ4n) is 2.56. The van der Waals surface area contributed by atoms with Gasteiger partial charge in [0.15, 0.2) is 6.61 Å². The quantitative estimate of drug-likeness (QED) is 0.368. The third-order valence-electron chi connectivity index (χ3n) is 4.18. The maximum absolute atomic E-state index is 11.9. The molecule has 0 spiro atoms. The number of nitrogens with zero attached hydrogens (tertiary/aromatic N) is 1. The Hall–Kier alpha value is -3.75. The number of carbonyl (C=O) groups is 3. The zero-order chi connectivity index (χ0) is 22.1. The summed E-state index contributed by atoms with van der Waals surface area (Å²) in [6.45, 7) is 3.37. The molecule has 9 nitrogen and oxygen atoms in total. The molecule has 0 unspecified atom stereocenters. The molecule has 0 aliphatic rings. The van der Waals surface area contributed by atoms with Gasteiger partial charge in [0.05, 0.1) is 4.92 Å². The molecule has 158 valence electrons. The van der Waals surface area contributed by atoms with Gasteiger partial charge >= 0.3 is 5.97 Å². The van der Waals surface area contributed by atoms with Gasteiger partial charge in [-0.25, -0.2) is 0 Å². The zero-order valence-electron chi connectivity index (χ0n) is 16.8. The molecular weight excluding hydrogens is 390 g/mol. The molecule has 0 heterocycles. The minimum atomic E-state index is -0.575. The van der Waals surface area contributed by atoms with Crippen molar-refractivity contribution in [1.82, 2.24) is 0 Å². The summed E-state index contributed by atoms with van der Waals surface area (Å²) in [5, 5.41) is 15.9. The molecule has 30 heavy (non-hydrogen) atoms. The molecule has 0 atom stereocenters. The van der Waals surface area contributed by atoms with Crippen molar-refractivity contribution < 1.29 is 24.0 Å². The number of amides is 2. The fourth-order valence-corrected chi connectivity index (χ4v) is 2.56. The Bertz CT molecular complexity index is 940. The number of hydrogen-bond acceptors (Lipinski definition) is 6. The summed E-state index contributed by atoms with van der Waals surface area (Å²) >= 11 is 0. The Labute approximate surface area is 173 Å². The van der Waals surface area contributed by atoms with Gasteiger partial charge in [-0.1, -0.05) is 12.1 Å². The van der Waals surface area contributed by atoms with Crippen molar-refractivity contribution in [1.29, 1.82) is 0 Å². The predicted octanol–water partition coefficient (Wildman–Crippen LogP) is 3.50. The largest absolute Gasteiger partial charge is 0.456 e. The van der Waals surface area contributed by atoms with Crippen LogP contribution in [0.5, 0.6) is 0 Å². The number of benzene rings is 2. The first-order valence-electron chi connectivity index (χ1n) is 9.31. The summed E-state index contributed by atoms with van der Waals surface area (Å²) < 4.78 is 4.94. The van der Waals surface area contributed by atoms with Gasteiger partial charge in [0.25, 0.3) is 11.6 Å². The maximum Gasteiger partial charge on any atom is 0.306 e. The topological polar surface area (TPSA) is 128 Å². The van der Waals surface area contributed by atoms with E-state index in [1.165, 1.54) is 24.3 Å². The lowest BCUT2D eigenvalue weighted by atomic mass is 10.1. The number of nitrogens with one attached hydrogen (secondary N) is 2. The second-order valence-corrected chi connectivity index (χ2v) is 6.73. The molecule has 2 rings (SSSR count). The van der Waals surface area contributed by atoms with Crippen LogP contribution in [0.1, 0.15) is 30.4 Å². The van der Waals surface area contributed by atoms with Gasteiger partial charge in [-0.15, -0.1) is 0 Å². The predicted molar refractivity (Wildman–Crippen MR) is 111 cm³/mol. The molecule has 0 aromatic heterocycles. The van der Waals surface area contributed by atoms with Crippen molar-refractivity contribution in [3.63, 3.8) is 0 Å². The molecule has 2 amide bonds. The first-order chi connectivity index (χ1) is 14.2. The number of nitro benzene ring substituents is 1. The Morgan fingerprint density at radius 3 is 2.33 bits per heavy atom. The Kier molecular flexibility index (Phi) is 8.04. The van der Waals surface area contributed by atoms with Crippen molar-refractivity contribution >= 4 is 34.8 Å². The highest BCUT2D eigenvalue weighted by atomic mass is 16.6. The van der Waals surface area contributed by atoms with Gasteiger partial charge in [0, 0.05) is 36.3 Å². The van der Waals surface area contributed by atoms with Crippen LogP contribution < -0.4 is 10.6 Å². The Balaban J connectivity index is 1.66. The van der Waals surface area contributed by atoms with E-state index < -0.39 is 23.4 Å². The molecule has 0 bridgehead atoms. The number of rotatable bonds is 9. The van der Waals surface area contributed by atoms with E-state index in [0.29, 0.717) is 11.4 Å². The lowest BCUT2D eigenvalue weighted by molar-refractivity contribution is -0.384. The number of esters is 1. The van der Waals surface area contributed by atoms with Gasteiger partial charge in [-0.2, -0.15) is 0 Å². The first-order valence-corrected chi connectivity index (χ1v) is 9.31. The van der Waals surface area contributed by atoms with Crippen molar-refractivity contribution in [2.24, 2.45) is 0 Å². The minimum absolute atomic E-state index is 0.00949. The summed E-state index contributed by atoms with van der Waals surface area (Å²) in [4.78, 5) is 45.7. The molecule has 0 radical (unpaired) electrons. The summed E-state index contributed by atoms with van der Waals surface area (Å²) in [6, 6.07) is 11.1. The number of hydrogen-bond donors (Lipinski definition) is 2. The third kappa shape index (κ3) is 7.34. The van der Waals surface area contributed by atoms with E-state index >= 15 is 0 Å². The highest BCUT2D eigenvalue weighted by Gasteiger charge is 2.11. The molecule has 2 aromatic rings. The average Bonchev–Trinajstić information content (AvgIpc) is 2.69. The molecule has 2 aromatic carbocycles. The first kappa shape index (κ1) is 22.5. The van der Waals surface area contributed by atoms with E-state index in [9.17, 15) is 24.5 Å². The van der Waals surface area contributed by atoms with Crippen LogP contribution in [0.25, 0.3) is 0 Å². The summed E-state index contributed by atoms with van der Waals surface area (Å²) in [6.07, 6.45) is 0.307. The highest BCUT2D eigenvalue weighted by molar-refractivity contribution is 5.93. The monoisotopic (exact) mass is 413 g/mol. The second-order valence-electron chi connectivity index (χ2n) is 6.73.